The summed E-state index contributed by atoms with van der Waals surface area (Å²) in [5.74, 6) is 0.177. The van der Waals surface area contributed by atoms with Crippen LogP contribution in [0.4, 0.5) is 0 Å². The van der Waals surface area contributed by atoms with Crippen molar-refractivity contribution in [2.24, 2.45) is 0 Å². The average Bonchev–Trinajstić information content (AvgIpc) is 3.21. The standard InChI is InChI=1S/C19H21N4O/c1-21-9-11-22(12-10-21)19(24)14-23-8-4-7-18(23)17-13-15-5-2-3-6-16(15)20-17/h2-8,20H,9-12,14H2,1H3. The molecule has 3 heterocycles. The number of aromatic nitrogens is 2. The summed E-state index contributed by atoms with van der Waals surface area (Å²) in [5.41, 5.74) is 2.98. The second kappa shape index (κ2) is 6.17. The van der Waals surface area contributed by atoms with Gasteiger partial charge in [-0.2, -0.15) is 0 Å². The van der Waals surface area contributed by atoms with Crippen LogP contribution in [0.2, 0.25) is 0 Å². The molecule has 123 valence electrons. The summed E-state index contributed by atoms with van der Waals surface area (Å²) in [7, 11) is 2.09. The summed E-state index contributed by atoms with van der Waals surface area (Å²) in [4.78, 5) is 20.2. The van der Waals surface area contributed by atoms with Gasteiger partial charge in [-0.3, -0.25) is 4.79 Å². The molecule has 1 N–H and O–H groups in total. The highest BCUT2D eigenvalue weighted by molar-refractivity contribution is 5.84. The summed E-state index contributed by atoms with van der Waals surface area (Å²) in [6.45, 7) is 3.88. The van der Waals surface area contributed by atoms with Crippen molar-refractivity contribution in [3.05, 3.63) is 48.7 Å². The van der Waals surface area contributed by atoms with Crippen molar-refractivity contribution < 1.29 is 4.79 Å². The second-order valence-electron chi connectivity index (χ2n) is 6.38. The lowest BCUT2D eigenvalue weighted by atomic mass is 10.2. The van der Waals surface area contributed by atoms with Gasteiger partial charge in [-0.05, 0) is 25.2 Å². The number of hydrogen-bond donors (Lipinski definition) is 1. The summed E-state index contributed by atoms with van der Waals surface area (Å²) in [5, 5.41) is 1.06. The van der Waals surface area contributed by atoms with E-state index in [1.807, 2.05) is 52.1 Å². The third-order valence-electron chi connectivity index (χ3n) is 4.69. The minimum Gasteiger partial charge on any atom is -0.353 e. The fourth-order valence-electron chi connectivity index (χ4n) is 3.21. The maximum atomic E-state index is 12.6. The first-order valence-electron chi connectivity index (χ1n) is 8.32. The van der Waals surface area contributed by atoms with Crippen LogP contribution >= 0.6 is 0 Å². The van der Waals surface area contributed by atoms with E-state index in [4.69, 9.17) is 0 Å². The molecule has 2 aromatic heterocycles. The zero-order chi connectivity index (χ0) is 16.5. The van der Waals surface area contributed by atoms with Gasteiger partial charge >= 0.3 is 0 Å². The molecule has 5 nitrogen and oxygen atoms in total. The molecule has 4 rings (SSSR count). The van der Waals surface area contributed by atoms with Crippen molar-refractivity contribution in [2.45, 2.75) is 6.54 Å². The summed E-state index contributed by atoms with van der Waals surface area (Å²) in [6, 6.07) is 15.5. The number of likely N-dealkylation sites (N-methyl/N-ethyl adjacent to an activating group) is 1. The highest BCUT2D eigenvalue weighted by atomic mass is 16.2. The molecule has 1 radical (unpaired) electrons. The van der Waals surface area contributed by atoms with Crippen LogP contribution in [-0.4, -0.2) is 58.5 Å². The molecule has 1 aliphatic rings. The zero-order valence-electron chi connectivity index (χ0n) is 13.8. The van der Waals surface area contributed by atoms with Crippen molar-refractivity contribution in [3.8, 4) is 11.4 Å². The van der Waals surface area contributed by atoms with E-state index in [0.717, 1.165) is 48.5 Å². The molecule has 0 bridgehead atoms. The van der Waals surface area contributed by atoms with Gasteiger partial charge in [-0.1, -0.05) is 18.2 Å². The van der Waals surface area contributed by atoms with Crippen LogP contribution in [0.15, 0.2) is 42.6 Å². The first-order valence-corrected chi connectivity index (χ1v) is 8.32. The van der Waals surface area contributed by atoms with E-state index >= 15 is 0 Å². The number of benzene rings is 1. The van der Waals surface area contributed by atoms with Crippen LogP contribution < -0.4 is 0 Å². The monoisotopic (exact) mass is 321 g/mol. The molecule has 0 unspecified atom stereocenters. The second-order valence-corrected chi connectivity index (χ2v) is 6.38. The normalized spacial score (nSPS) is 16.0. The van der Waals surface area contributed by atoms with Gasteiger partial charge in [-0.25, -0.2) is 0 Å². The van der Waals surface area contributed by atoms with Crippen LogP contribution in [0, 0.1) is 6.07 Å². The number of carbonyl (C=O) groups excluding carboxylic acids is 1. The molecule has 0 aliphatic carbocycles. The van der Waals surface area contributed by atoms with Crippen molar-refractivity contribution in [1.29, 1.82) is 0 Å². The highest BCUT2D eigenvalue weighted by Crippen LogP contribution is 2.24. The predicted octanol–water partition coefficient (Wildman–Crippen LogP) is 2.21. The molecule has 24 heavy (non-hydrogen) atoms. The van der Waals surface area contributed by atoms with Crippen LogP contribution in [0.3, 0.4) is 0 Å². The van der Waals surface area contributed by atoms with Crippen LogP contribution in [0.1, 0.15) is 0 Å². The third kappa shape index (κ3) is 2.83. The SMILES string of the molecule is CN1CCN(C(=O)Cn2cccc2-c2[c]c3ccccc3[nH]2)CC1. The number of piperazine rings is 1. The van der Waals surface area contributed by atoms with Crippen LogP contribution in [-0.2, 0) is 11.3 Å². The molecule has 0 spiro atoms. The molecule has 1 saturated heterocycles. The fraction of sp³-hybridized carbons (Fsp3) is 0.316. The van der Waals surface area contributed by atoms with Gasteiger partial charge in [0.1, 0.15) is 6.54 Å². The number of H-pyrrole nitrogens is 1. The molecule has 1 fully saturated rings. The highest BCUT2D eigenvalue weighted by Gasteiger charge is 2.20. The number of para-hydroxylation sites is 1. The van der Waals surface area contributed by atoms with Crippen molar-refractivity contribution in [2.75, 3.05) is 33.2 Å². The van der Waals surface area contributed by atoms with Gasteiger partial charge < -0.3 is 19.4 Å². The van der Waals surface area contributed by atoms with Gasteiger partial charge in [0, 0.05) is 49.3 Å². The summed E-state index contributed by atoms with van der Waals surface area (Å²) >= 11 is 0. The van der Waals surface area contributed by atoms with E-state index in [2.05, 4.69) is 23.0 Å². The number of aromatic amines is 1. The lowest BCUT2D eigenvalue weighted by Gasteiger charge is -2.32. The fourth-order valence-corrected chi connectivity index (χ4v) is 3.21. The first kappa shape index (κ1) is 15.0. The Morgan fingerprint density at radius 1 is 1.12 bits per heavy atom. The Morgan fingerprint density at radius 3 is 2.71 bits per heavy atom. The number of carbonyl (C=O) groups is 1. The Bertz CT molecular complexity index is 822. The molecule has 1 aromatic carbocycles. The number of amides is 1. The Labute approximate surface area is 141 Å². The number of hydrogen-bond acceptors (Lipinski definition) is 2. The number of fused-ring (bicyclic) bond motifs is 1. The largest absolute Gasteiger partial charge is 0.353 e. The lowest BCUT2D eigenvalue weighted by molar-refractivity contribution is -0.133. The number of rotatable bonds is 3. The third-order valence-corrected chi connectivity index (χ3v) is 4.69. The molecule has 1 aliphatic heterocycles. The van der Waals surface area contributed by atoms with E-state index in [0.29, 0.717) is 6.54 Å². The first-order chi connectivity index (χ1) is 11.7. The lowest BCUT2D eigenvalue weighted by Crippen LogP contribution is -2.48. The van der Waals surface area contributed by atoms with E-state index < -0.39 is 0 Å². The summed E-state index contributed by atoms with van der Waals surface area (Å²) < 4.78 is 2.00. The topological polar surface area (TPSA) is 44.3 Å². The molecule has 3 aromatic rings. The predicted molar refractivity (Wildman–Crippen MR) is 94.6 cm³/mol. The zero-order valence-corrected chi connectivity index (χ0v) is 13.8. The Morgan fingerprint density at radius 2 is 1.92 bits per heavy atom. The molecular weight excluding hydrogens is 300 g/mol. The van der Waals surface area contributed by atoms with Crippen LogP contribution in [0.5, 0.6) is 0 Å². The van der Waals surface area contributed by atoms with E-state index in [1.54, 1.807) is 0 Å². The minimum atomic E-state index is 0.177. The quantitative estimate of drug-likeness (QED) is 0.804. The number of nitrogens with one attached hydrogen (secondary N) is 1. The van der Waals surface area contributed by atoms with Gasteiger partial charge in [-0.15, -0.1) is 0 Å². The maximum Gasteiger partial charge on any atom is 0.242 e. The molecule has 0 atom stereocenters. The summed E-state index contributed by atoms with van der Waals surface area (Å²) in [6.07, 6.45) is 1.96. The van der Waals surface area contributed by atoms with Crippen molar-refractivity contribution in [3.63, 3.8) is 0 Å². The smallest absolute Gasteiger partial charge is 0.242 e. The van der Waals surface area contributed by atoms with Gasteiger partial charge in [0.15, 0.2) is 0 Å². The van der Waals surface area contributed by atoms with Gasteiger partial charge in [0.25, 0.3) is 0 Å². The minimum absolute atomic E-state index is 0.177. The average molecular weight is 321 g/mol. The molecule has 0 saturated carbocycles. The Balaban J connectivity index is 1.55. The van der Waals surface area contributed by atoms with E-state index in [1.165, 1.54) is 0 Å². The van der Waals surface area contributed by atoms with Gasteiger partial charge in [0.05, 0.1) is 11.4 Å². The number of nitrogens with zero attached hydrogens (tertiary/aromatic N) is 3. The van der Waals surface area contributed by atoms with Crippen LogP contribution in [0.25, 0.3) is 22.3 Å². The van der Waals surface area contributed by atoms with Crippen molar-refractivity contribution >= 4 is 16.8 Å². The van der Waals surface area contributed by atoms with Gasteiger partial charge in [0.2, 0.25) is 5.91 Å². The Kier molecular flexibility index (Phi) is 3.86. The van der Waals surface area contributed by atoms with E-state index in [9.17, 15) is 4.79 Å². The maximum absolute atomic E-state index is 12.6. The van der Waals surface area contributed by atoms with Crippen molar-refractivity contribution in [1.82, 2.24) is 19.4 Å². The Hall–Kier alpha value is -2.53. The molecule has 1 amide bonds. The molecular formula is C19H21N4O. The van der Waals surface area contributed by atoms with E-state index in [-0.39, 0.29) is 5.91 Å². The molecule has 5 heteroatoms.